The van der Waals surface area contributed by atoms with Gasteiger partial charge in [-0.25, -0.2) is 0 Å². The van der Waals surface area contributed by atoms with Crippen molar-refractivity contribution in [2.24, 2.45) is 22.7 Å². The number of hydrogen-bond acceptors (Lipinski definition) is 4. The number of carbonyl (C=O) groups excluding carboxylic acids is 2. The Morgan fingerprint density at radius 3 is 1.41 bits per heavy atom. The van der Waals surface area contributed by atoms with Crippen LogP contribution in [0, 0.1) is 22.7 Å². The van der Waals surface area contributed by atoms with Crippen LogP contribution in [0.1, 0.15) is 108 Å². The van der Waals surface area contributed by atoms with E-state index < -0.39 is 0 Å². The van der Waals surface area contributed by atoms with Crippen molar-refractivity contribution in [1.82, 2.24) is 9.80 Å². The van der Waals surface area contributed by atoms with Gasteiger partial charge in [-0.3, -0.25) is 14.5 Å². The zero-order valence-corrected chi connectivity index (χ0v) is 22.1. The molecule has 0 atom stereocenters. The molecule has 190 valence electrons. The number of piperidine rings is 2. The first-order chi connectivity index (χ1) is 14.4. The highest BCUT2D eigenvalue weighted by Crippen LogP contribution is 2.23. The van der Waals surface area contributed by atoms with E-state index in [9.17, 15) is 9.59 Å². The standard InChI is InChI=1S/C14H27NO.C13H25NO.CH4/c1-5-12-6-9-15(10-7-12)11-8-13(16)14(2,3)4;1-5-11-6-8-14(9-7-11)10-12(15)13(2,3)4;/h12H,5-11H2,1-4H3;11H,5-10H2,1-4H3;1H4. The van der Waals surface area contributed by atoms with Gasteiger partial charge in [0.1, 0.15) is 5.78 Å². The predicted molar refractivity (Wildman–Crippen MR) is 139 cm³/mol. The maximum Gasteiger partial charge on any atom is 0.152 e. The Morgan fingerprint density at radius 1 is 0.688 bits per heavy atom. The highest BCUT2D eigenvalue weighted by Gasteiger charge is 2.26. The van der Waals surface area contributed by atoms with E-state index in [1.807, 2.05) is 41.5 Å². The van der Waals surface area contributed by atoms with E-state index >= 15 is 0 Å². The number of ketones is 2. The van der Waals surface area contributed by atoms with E-state index in [1.165, 1.54) is 51.6 Å². The largest absolute Gasteiger partial charge is 0.303 e. The van der Waals surface area contributed by atoms with E-state index in [4.69, 9.17) is 0 Å². The summed E-state index contributed by atoms with van der Waals surface area (Å²) in [5, 5.41) is 0. The fourth-order valence-electron chi connectivity index (χ4n) is 4.25. The van der Waals surface area contributed by atoms with Gasteiger partial charge in [0, 0.05) is 23.8 Å². The summed E-state index contributed by atoms with van der Waals surface area (Å²) in [6, 6.07) is 0. The molecule has 0 unspecified atom stereocenters. The molecule has 2 aliphatic heterocycles. The molecule has 0 aliphatic carbocycles. The van der Waals surface area contributed by atoms with Crippen LogP contribution < -0.4 is 0 Å². The minimum atomic E-state index is -0.179. The molecular formula is C28H56N2O2. The zero-order chi connectivity index (χ0) is 23.7. The van der Waals surface area contributed by atoms with Crippen LogP contribution in [0.25, 0.3) is 0 Å². The second kappa shape index (κ2) is 14.5. The van der Waals surface area contributed by atoms with E-state index in [0.717, 1.165) is 37.9 Å². The molecule has 2 aliphatic rings. The van der Waals surface area contributed by atoms with Crippen LogP contribution >= 0.6 is 0 Å². The van der Waals surface area contributed by atoms with E-state index in [1.54, 1.807) is 0 Å². The summed E-state index contributed by atoms with van der Waals surface area (Å²) >= 11 is 0. The highest BCUT2D eigenvalue weighted by molar-refractivity contribution is 5.85. The Morgan fingerprint density at radius 2 is 1.06 bits per heavy atom. The highest BCUT2D eigenvalue weighted by atomic mass is 16.1. The van der Waals surface area contributed by atoms with Crippen molar-refractivity contribution in [1.29, 1.82) is 0 Å². The normalized spacial score (nSPS) is 19.6. The van der Waals surface area contributed by atoms with E-state index in [2.05, 4.69) is 23.6 Å². The van der Waals surface area contributed by atoms with Crippen molar-refractivity contribution >= 4 is 11.6 Å². The Bertz CT molecular complexity index is 529. The van der Waals surface area contributed by atoms with Crippen molar-refractivity contribution in [3.8, 4) is 0 Å². The van der Waals surface area contributed by atoms with Crippen LogP contribution in [0.4, 0.5) is 0 Å². The fourth-order valence-corrected chi connectivity index (χ4v) is 4.25. The summed E-state index contributed by atoms with van der Waals surface area (Å²) < 4.78 is 0. The molecule has 0 bridgehead atoms. The number of hydrogen-bond donors (Lipinski definition) is 0. The molecule has 2 saturated heterocycles. The van der Waals surface area contributed by atoms with Crippen molar-refractivity contribution in [3.05, 3.63) is 0 Å². The van der Waals surface area contributed by atoms with E-state index in [0.29, 0.717) is 18.1 Å². The number of Topliss-reactive ketones (excluding diaryl/α,β-unsaturated/α-hetero) is 2. The average Bonchev–Trinajstić information content (AvgIpc) is 2.72. The molecule has 2 fully saturated rings. The van der Waals surface area contributed by atoms with Crippen LogP contribution in [-0.4, -0.2) is 60.6 Å². The zero-order valence-electron chi connectivity index (χ0n) is 22.1. The molecule has 4 heteroatoms. The van der Waals surface area contributed by atoms with Crippen LogP contribution in [-0.2, 0) is 9.59 Å². The first-order valence-corrected chi connectivity index (χ1v) is 12.9. The molecule has 0 radical (unpaired) electrons. The molecule has 0 aromatic carbocycles. The van der Waals surface area contributed by atoms with Crippen LogP contribution in [0.15, 0.2) is 0 Å². The van der Waals surface area contributed by atoms with Crippen LogP contribution in [0.2, 0.25) is 0 Å². The summed E-state index contributed by atoms with van der Waals surface area (Å²) in [5.74, 6) is 2.59. The van der Waals surface area contributed by atoms with Crippen molar-refractivity contribution in [3.63, 3.8) is 0 Å². The topological polar surface area (TPSA) is 40.6 Å². The summed E-state index contributed by atoms with van der Waals surface area (Å²) in [6.07, 6.45) is 8.51. The second-order valence-corrected chi connectivity index (χ2v) is 11.9. The third-order valence-electron chi connectivity index (χ3n) is 7.26. The lowest BCUT2D eigenvalue weighted by atomic mass is 9.88. The summed E-state index contributed by atoms with van der Waals surface area (Å²) in [6.45, 7) is 22.8. The predicted octanol–water partition coefficient (Wildman–Crippen LogP) is 6.47. The lowest BCUT2D eigenvalue weighted by Crippen LogP contribution is -2.40. The molecule has 32 heavy (non-hydrogen) atoms. The third-order valence-corrected chi connectivity index (χ3v) is 7.26. The number of carbonyl (C=O) groups is 2. The van der Waals surface area contributed by atoms with Crippen LogP contribution in [0.3, 0.4) is 0 Å². The minimum Gasteiger partial charge on any atom is -0.303 e. The number of rotatable bonds is 7. The lowest BCUT2D eigenvalue weighted by molar-refractivity contribution is -0.128. The number of likely N-dealkylation sites (tertiary alicyclic amines) is 2. The molecule has 0 N–H and O–H groups in total. The van der Waals surface area contributed by atoms with Crippen molar-refractivity contribution in [2.75, 3.05) is 39.3 Å². The minimum absolute atomic E-state index is 0. The van der Waals surface area contributed by atoms with Gasteiger partial charge in [-0.1, -0.05) is 75.7 Å². The van der Waals surface area contributed by atoms with E-state index in [-0.39, 0.29) is 18.3 Å². The summed E-state index contributed by atoms with van der Waals surface area (Å²) in [4.78, 5) is 28.4. The molecule has 0 spiro atoms. The maximum absolute atomic E-state index is 11.8. The van der Waals surface area contributed by atoms with Gasteiger partial charge in [-0.15, -0.1) is 0 Å². The molecule has 0 aromatic rings. The monoisotopic (exact) mass is 452 g/mol. The second-order valence-electron chi connectivity index (χ2n) is 11.9. The SMILES string of the molecule is C.CCC1CCN(CC(=O)C(C)(C)C)CC1.CCC1CCN(CCC(=O)C(C)(C)C)CC1. The third kappa shape index (κ3) is 11.9. The van der Waals surface area contributed by atoms with Gasteiger partial charge in [0.05, 0.1) is 6.54 Å². The molecule has 4 nitrogen and oxygen atoms in total. The smallest absolute Gasteiger partial charge is 0.152 e. The molecule has 0 saturated carbocycles. The molecule has 0 aromatic heterocycles. The number of nitrogens with zero attached hydrogens (tertiary/aromatic N) is 2. The quantitative estimate of drug-likeness (QED) is 0.443. The van der Waals surface area contributed by atoms with Crippen molar-refractivity contribution in [2.45, 2.75) is 108 Å². The lowest BCUT2D eigenvalue weighted by Gasteiger charge is -2.32. The average molecular weight is 453 g/mol. The Kier molecular flexibility index (Phi) is 14.2. The first kappa shape index (κ1) is 31.3. The molecule has 2 heterocycles. The first-order valence-electron chi connectivity index (χ1n) is 12.9. The maximum atomic E-state index is 11.8. The summed E-state index contributed by atoms with van der Waals surface area (Å²) in [5.41, 5.74) is -0.344. The van der Waals surface area contributed by atoms with Crippen LogP contribution in [0.5, 0.6) is 0 Å². The molecular weight excluding hydrogens is 396 g/mol. The molecule has 2 rings (SSSR count). The van der Waals surface area contributed by atoms with Gasteiger partial charge in [0.15, 0.2) is 5.78 Å². The molecule has 0 amide bonds. The van der Waals surface area contributed by atoms with Gasteiger partial charge >= 0.3 is 0 Å². The Labute approximate surface area is 200 Å². The van der Waals surface area contributed by atoms with Gasteiger partial charge in [0.25, 0.3) is 0 Å². The van der Waals surface area contributed by atoms with Gasteiger partial charge in [-0.05, 0) is 63.7 Å². The Hall–Kier alpha value is -0.740. The summed E-state index contributed by atoms with van der Waals surface area (Å²) in [7, 11) is 0. The Balaban J connectivity index is 0.000000584. The van der Waals surface area contributed by atoms with Gasteiger partial charge in [-0.2, -0.15) is 0 Å². The van der Waals surface area contributed by atoms with Gasteiger partial charge in [0.2, 0.25) is 0 Å². The van der Waals surface area contributed by atoms with Crippen molar-refractivity contribution < 1.29 is 9.59 Å². The fraction of sp³-hybridized carbons (Fsp3) is 0.929. The van der Waals surface area contributed by atoms with Gasteiger partial charge < -0.3 is 4.90 Å².